The number of esters is 1. The molecule has 0 unspecified atom stereocenters. The largest absolute Gasteiger partial charge is 0.465 e. The average molecular weight is 243 g/mol. The highest BCUT2D eigenvalue weighted by Gasteiger charge is 2.20. The van der Waals surface area contributed by atoms with Crippen molar-refractivity contribution in [2.45, 2.75) is 19.9 Å². The molecule has 4 heteroatoms. The molecule has 0 spiro atoms. The summed E-state index contributed by atoms with van der Waals surface area (Å²) in [6, 6.07) is 5.41. The molecule has 2 rings (SSSR count). The van der Waals surface area contributed by atoms with Gasteiger partial charge in [-0.3, -0.25) is 9.59 Å². The Morgan fingerprint density at radius 3 is 3.11 bits per heavy atom. The highest BCUT2D eigenvalue weighted by molar-refractivity contribution is 5.99. The molecule has 1 aromatic carbocycles. The summed E-state index contributed by atoms with van der Waals surface area (Å²) < 4.78 is 4.78. The zero-order valence-electron chi connectivity index (χ0n) is 10.1. The van der Waals surface area contributed by atoms with Crippen LogP contribution in [0, 0.1) is 11.8 Å². The van der Waals surface area contributed by atoms with Gasteiger partial charge < -0.3 is 10.1 Å². The van der Waals surface area contributed by atoms with Gasteiger partial charge in [0.1, 0.15) is 6.42 Å². The Morgan fingerprint density at radius 1 is 1.50 bits per heavy atom. The molecular weight excluding hydrogens is 230 g/mol. The van der Waals surface area contributed by atoms with Gasteiger partial charge in [-0.05, 0) is 24.6 Å². The van der Waals surface area contributed by atoms with Gasteiger partial charge in [-0.2, -0.15) is 0 Å². The van der Waals surface area contributed by atoms with Crippen LogP contribution in [0.5, 0.6) is 0 Å². The molecule has 0 atom stereocenters. The third-order valence-electron chi connectivity index (χ3n) is 2.61. The Morgan fingerprint density at radius 2 is 2.33 bits per heavy atom. The van der Waals surface area contributed by atoms with Gasteiger partial charge in [-0.25, -0.2) is 0 Å². The maximum Gasteiger partial charge on any atom is 0.317 e. The molecule has 0 saturated heterocycles. The lowest BCUT2D eigenvalue weighted by Gasteiger charge is -1.98. The quantitative estimate of drug-likeness (QED) is 0.628. The number of amides is 1. The van der Waals surface area contributed by atoms with Crippen LogP contribution in [0.1, 0.15) is 34.8 Å². The van der Waals surface area contributed by atoms with E-state index in [1.807, 2.05) is 6.07 Å². The summed E-state index contributed by atoms with van der Waals surface area (Å²) >= 11 is 0. The summed E-state index contributed by atoms with van der Waals surface area (Å²) in [5.41, 5.74) is 2.35. The Balaban J connectivity index is 2.14. The number of fused-ring (bicyclic) bond motifs is 1. The number of carbonyl (C=O) groups is 2. The van der Waals surface area contributed by atoms with Gasteiger partial charge in [-0.1, -0.05) is 17.9 Å². The summed E-state index contributed by atoms with van der Waals surface area (Å²) in [6.07, 6.45) is 0.0683. The van der Waals surface area contributed by atoms with Gasteiger partial charge >= 0.3 is 5.97 Å². The fraction of sp³-hybridized carbons (Fsp3) is 0.286. The van der Waals surface area contributed by atoms with E-state index in [0.29, 0.717) is 18.7 Å². The van der Waals surface area contributed by atoms with E-state index in [4.69, 9.17) is 4.74 Å². The summed E-state index contributed by atoms with van der Waals surface area (Å²) in [4.78, 5) is 22.6. The monoisotopic (exact) mass is 243 g/mol. The standard InChI is InChI=1S/C14H13NO3/c1-2-18-13(16)8-4-6-10-5-3-7-11-12(10)9-15-14(11)17/h3,5,7H,2,8-9H2,1H3,(H,15,17). The Bertz CT molecular complexity index is 552. The van der Waals surface area contributed by atoms with E-state index in [9.17, 15) is 9.59 Å². The molecule has 18 heavy (non-hydrogen) atoms. The first kappa shape index (κ1) is 12.2. The zero-order valence-corrected chi connectivity index (χ0v) is 10.1. The Labute approximate surface area is 105 Å². The summed E-state index contributed by atoms with van der Waals surface area (Å²) in [5, 5.41) is 2.75. The fourth-order valence-electron chi connectivity index (χ4n) is 1.79. The molecule has 0 bridgehead atoms. The Kier molecular flexibility index (Phi) is 3.63. The Hall–Kier alpha value is -2.28. The van der Waals surface area contributed by atoms with Gasteiger partial charge in [0, 0.05) is 17.7 Å². The second-order valence-corrected chi connectivity index (χ2v) is 3.80. The van der Waals surface area contributed by atoms with Gasteiger partial charge in [-0.15, -0.1) is 0 Å². The van der Waals surface area contributed by atoms with E-state index < -0.39 is 0 Å². The molecule has 0 aromatic heterocycles. The highest BCUT2D eigenvalue weighted by Crippen LogP contribution is 2.18. The molecule has 1 aliphatic rings. The third kappa shape index (κ3) is 2.51. The first-order chi connectivity index (χ1) is 8.72. The molecule has 1 aliphatic heterocycles. The van der Waals surface area contributed by atoms with E-state index in [2.05, 4.69) is 17.2 Å². The van der Waals surface area contributed by atoms with Crippen LogP contribution in [0.2, 0.25) is 0 Å². The van der Waals surface area contributed by atoms with Crippen LogP contribution < -0.4 is 5.32 Å². The molecule has 0 fully saturated rings. The topological polar surface area (TPSA) is 55.4 Å². The number of ether oxygens (including phenoxy) is 1. The molecular formula is C14H13NO3. The van der Waals surface area contributed by atoms with Crippen LogP contribution in [-0.4, -0.2) is 18.5 Å². The van der Waals surface area contributed by atoms with Gasteiger partial charge in [0.05, 0.1) is 6.61 Å². The molecule has 0 aliphatic carbocycles. The zero-order chi connectivity index (χ0) is 13.0. The van der Waals surface area contributed by atoms with Crippen molar-refractivity contribution in [1.29, 1.82) is 0 Å². The van der Waals surface area contributed by atoms with E-state index in [0.717, 1.165) is 11.1 Å². The number of benzene rings is 1. The van der Waals surface area contributed by atoms with E-state index >= 15 is 0 Å². The summed E-state index contributed by atoms with van der Waals surface area (Å²) in [7, 11) is 0. The molecule has 1 amide bonds. The normalized spacial score (nSPS) is 12.2. The van der Waals surface area contributed by atoms with Crippen LogP contribution in [0.3, 0.4) is 0 Å². The lowest BCUT2D eigenvalue weighted by molar-refractivity contribution is -0.141. The molecule has 0 saturated carbocycles. The lowest BCUT2D eigenvalue weighted by Crippen LogP contribution is -2.12. The van der Waals surface area contributed by atoms with E-state index in [1.54, 1.807) is 19.1 Å². The predicted molar refractivity (Wildman–Crippen MR) is 65.7 cm³/mol. The van der Waals surface area contributed by atoms with Crippen molar-refractivity contribution < 1.29 is 14.3 Å². The van der Waals surface area contributed by atoms with Crippen molar-refractivity contribution >= 4 is 11.9 Å². The van der Waals surface area contributed by atoms with Crippen molar-refractivity contribution in [3.8, 4) is 11.8 Å². The van der Waals surface area contributed by atoms with Crippen molar-refractivity contribution in [2.24, 2.45) is 0 Å². The summed E-state index contributed by atoms with van der Waals surface area (Å²) in [6.45, 7) is 2.62. The van der Waals surface area contributed by atoms with Crippen LogP contribution in [0.15, 0.2) is 18.2 Å². The minimum atomic E-state index is -0.327. The van der Waals surface area contributed by atoms with Gasteiger partial charge in [0.15, 0.2) is 0 Å². The second-order valence-electron chi connectivity index (χ2n) is 3.80. The van der Waals surface area contributed by atoms with Gasteiger partial charge in [0.2, 0.25) is 0 Å². The van der Waals surface area contributed by atoms with Crippen molar-refractivity contribution in [3.63, 3.8) is 0 Å². The minimum absolute atomic E-state index is 0.0683. The fourth-order valence-corrected chi connectivity index (χ4v) is 1.79. The van der Waals surface area contributed by atoms with Crippen molar-refractivity contribution in [2.75, 3.05) is 6.61 Å². The van der Waals surface area contributed by atoms with Crippen LogP contribution in [0.25, 0.3) is 0 Å². The maximum absolute atomic E-state index is 11.5. The molecule has 1 heterocycles. The van der Waals surface area contributed by atoms with E-state index in [-0.39, 0.29) is 18.3 Å². The molecule has 0 radical (unpaired) electrons. The minimum Gasteiger partial charge on any atom is -0.465 e. The van der Waals surface area contributed by atoms with Gasteiger partial charge in [0.25, 0.3) is 5.91 Å². The molecule has 4 nitrogen and oxygen atoms in total. The first-order valence-corrected chi connectivity index (χ1v) is 5.77. The third-order valence-corrected chi connectivity index (χ3v) is 2.61. The molecule has 1 N–H and O–H groups in total. The first-order valence-electron chi connectivity index (χ1n) is 5.77. The predicted octanol–water partition coefficient (Wildman–Crippen LogP) is 1.23. The van der Waals surface area contributed by atoms with Crippen LogP contribution in [-0.2, 0) is 16.1 Å². The van der Waals surface area contributed by atoms with Crippen molar-refractivity contribution in [1.82, 2.24) is 5.32 Å². The lowest BCUT2D eigenvalue weighted by atomic mass is 10.0. The molecule has 1 aromatic rings. The maximum atomic E-state index is 11.5. The smallest absolute Gasteiger partial charge is 0.317 e. The van der Waals surface area contributed by atoms with Crippen molar-refractivity contribution in [3.05, 3.63) is 34.9 Å². The summed E-state index contributed by atoms with van der Waals surface area (Å²) in [5.74, 6) is 5.28. The average Bonchev–Trinajstić information content (AvgIpc) is 2.73. The highest BCUT2D eigenvalue weighted by atomic mass is 16.5. The number of hydrogen-bond acceptors (Lipinski definition) is 3. The SMILES string of the molecule is CCOC(=O)CC#Cc1cccc2c1CNC2=O. The number of nitrogens with one attached hydrogen (secondary N) is 1. The number of rotatable bonds is 2. The van der Waals surface area contributed by atoms with Crippen LogP contribution >= 0.6 is 0 Å². The molecule has 92 valence electrons. The van der Waals surface area contributed by atoms with E-state index in [1.165, 1.54) is 0 Å². The second kappa shape index (κ2) is 5.37. The van der Waals surface area contributed by atoms with Crippen LogP contribution in [0.4, 0.5) is 0 Å². The number of carbonyl (C=O) groups excluding carboxylic acids is 2. The number of hydrogen-bond donors (Lipinski definition) is 1.